The molecule has 5 aromatic rings. The van der Waals surface area contributed by atoms with Crippen LogP contribution in [0.2, 0.25) is 0 Å². The lowest BCUT2D eigenvalue weighted by Gasteiger charge is -2.23. The number of nitrogens with one attached hydrogen (secondary N) is 4. The normalized spacial score (nSPS) is 13.5. The molecule has 0 aliphatic carbocycles. The second kappa shape index (κ2) is 21.9. The fourth-order valence-corrected chi connectivity index (χ4v) is 7.76. The number of rotatable bonds is 6. The van der Waals surface area contributed by atoms with Gasteiger partial charge in [-0.2, -0.15) is 0 Å². The number of nitrogens with zero attached hydrogens (tertiary/aromatic N) is 4. The average Bonchev–Trinajstić information content (AvgIpc) is 4.04. The fraction of sp³-hybridized carbons (Fsp3) is 0.385. The van der Waals surface area contributed by atoms with Gasteiger partial charge in [-0.1, -0.05) is 56.5 Å². The lowest BCUT2D eigenvalue weighted by atomic mass is 10.1. The van der Waals surface area contributed by atoms with Crippen molar-refractivity contribution in [1.29, 1.82) is 0 Å². The number of likely N-dealkylation sites (tertiary alicyclic amines) is 2. The molecule has 1 aromatic carbocycles. The SMILES string of the molecule is C(#Cc1csc2c(-c3cnc[nH]3)csc12)c1cnc[nH]1.CC(=O)NCC(=O)N1CCCC1.CCC.COC(=O)NC(C(=O)N1CCCC1)c1ccccc1. The van der Waals surface area contributed by atoms with Crippen LogP contribution in [-0.2, 0) is 19.1 Å². The first kappa shape index (κ1) is 41.3. The van der Waals surface area contributed by atoms with Gasteiger partial charge in [0.05, 0.1) is 59.4 Å². The number of thiophene rings is 2. The molecule has 4 aromatic heterocycles. The number of hydrogen-bond donors (Lipinski definition) is 4. The third kappa shape index (κ3) is 12.3. The number of carbonyl (C=O) groups is 4. The summed E-state index contributed by atoms with van der Waals surface area (Å²) in [6.07, 6.45) is 11.8. The first-order chi connectivity index (χ1) is 26.2. The van der Waals surface area contributed by atoms with Crippen molar-refractivity contribution in [3.63, 3.8) is 0 Å². The van der Waals surface area contributed by atoms with Crippen LogP contribution in [0.3, 0.4) is 0 Å². The van der Waals surface area contributed by atoms with Crippen LogP contribution in [0.25, 0.3) is 20.7 Å². The summed E-state index contributed by atoms with van der Waals surface area (Å²) < 4.78 is 7.08. The van der Waals surface area contributed by atoms with Crippen molar-refractivity contribution in [1.82, 2.24) is 40.4 Å². The Morgan fingerprint density at radius 1 is 0.870 bits per heavy atom. The van der Waals surface area contributed by atoms with Gasteiger partial charge in [0.2, 0.25) is 17.7 Å². The van der Waals surface area contributed by atoms with Gasteiger partial charge in [-0.15, -0.1) is 22.7 Å². The molecule has 4 N–H and O–H groups in total. The summed E-state index contributed by atoms with van der Waals surface area (Å²) in [4.78, 5) is 63.3. The van der Waals surface area contributed by atoms with Crippen LogP contribution >= 0.6 is 22.7 Å². The van der Waals surface area contributed by atoms with Crippen molar-refractivity contribution in [3.8, 4) is 23.1 Å². The fourth-order valence-electron chi connectivity index (χ4n) is 5.46. The third-order valence-electron chi connectivity index (χ3n) is 8.10. The van der Waals surface area contributed by atoms with E-state index in [0.29, 0.717) is 0 Å². The summed E-state index contributed by atoms with van der Waals surface area (Å²) in [7, 11) is 1.29. The van der Waals surface area contributed by atoms with Gasteiger partial charge in [-0.3, -0.25) is 14.4 Å². The van der Waals surface area contributed by atoms with Gasteiger partial charge in [-0.05, 0) is 37.2 Å². The highest BCUT2D eigenvalue weighted by molar-refractivity contribution is 7.27. The number of benzene rings is 1. The number of alkyl carbamates (subject to hydrolysis) is 1. The highest BCUT2D eigenvalue weighted by Crippen LogP contribution is 2.39. The number of methoxy groups -OCH3 is 1. The lowest BCUT2D eigenvalue weighted by Crippen LogP contribution is -2.41. The maximum absolute atomic E-state index is 12.5. The van der Waals surface area contributed by atoms with Crippen molar-refractivity contribution < 1.29 is 23.9 Å². The summed E-state index contributed by atoms with van der Waals surface area (Å²) in [5.74, 6) is 6.10. The highest BCUT2D eigenvalue weighted by atomic mass is 32.1. The quantitative estimate of drug-likeness (QED) is 0.146. The van der Waals surface area contributed by atoms with E-state index in [4.69, 9.17) is 0 Å². The first-order valence-electron chi connectivity index (χ1n) is 17.9. The summed E-state index contributed by atoms with van der Waals surface area (Å²) in [6.45, 7) is 9.01. The van der Waals surface area contributed by atoms with Gasteiger partial charge >= 0.3 is 6.09 Å². The van der Waals surface area contributed by atoms with Crippen LogP contribution in [0.15, 0.2) is 66.1 Å². The summed E-state index contributed by atoms with van der Waals surface area (Å²) in [6, 6.07) is 8.55. The molecule has 0 radical (unpaired) electrons. The van der Waals surface area contributed by atoms with E-state index < -0.39 is 12.1 Å². The Morgan fingerprint density at radius 2 is 1.50 bits per heavy atom. The Morgan fingerprint density at radius 3 is 2.09 bits per heavy atom. The van der Waals surface area contributed by atoms with E-state index >= 15 is 0 Å². The molecule has 15 heteroatoms. The van der Waals surface area contributed by atoms with Crippen LogP contribution in [0.4, 0.5) is 4.79 Å². The average molecular weight is 773 g/mol. The van der Waals surface area contributed by atoms with Gasteiger partial charge < -0.3 is 35.1 Å². The van der Waals surface area contributed by atoms with Gasteiger partial charge in [0.25, 0.3) is 0 Å². The molecule has 2 saturated heterocycles. The van der Waals surface area contributed by atoms with Crippen LogP contribution in [0, 0.1) is 11.8 Å². The molecule has 2 aliphatic heterocycles. The van der Waals surface area contributed by atoms with Crippen molar-refractivity contribution in [2.45, 2.75) is 58.9 Å². The van der Waals surface area contributed by atoms with Crippen LogP contribution in [0.1, 0.15) is 75.7 Å². The molecule has 2 fully saturated rings. The van der Waals surface area contributed by atoms with E-state index in [0.717, 1.165) is 74.4 Å². The third-order valence-corrected chi connectivity index (χ3v) is 10.3. The predicted octanol–water partition coefficient (Wildman–Crippen LogP) is 6.34. The minimum Gasteiger partial charge on any atom is -0.453 e. The first-order valence-corrected chi connectivity index (χ1v) is 19.7. The number of H-pyrrole nitrogens is 2. The monoisotopic (exact) mass is 772 g/mol. The number of aromatic amines is 2. The molecule has 4 amide bonds. The highest BCUT2D eigenvalue weighted by Gasteiger charge is 2.29. The molecule has 286 valence electrons. The van der Waals surface area contributed by atoms with Crippen LogP contribution < -0.4 is 10.6 Å². The van der Waals surface area contributed by atoms with Crippen molar-refractivity contribution in [2.24, 2.45) is 0 Å². The molecule has 7 rings (SSSR count). The molecule has 13 nitrogen and oxygen atoms in total. The largest absolute Gasteiger partial charge is 0.453 e. The van der Waals surface area contributed by atoms with E-state index in [9.17, 15) is 19.2 Å². The van der Waals surface area contributed by atoms with Crippen molar-refractivity contribution in [2.75, 3.05) is 39.8 Å². The minimum atomic E-state index is -0.674. The smallest absolute Gasteiger partial charge is 0.407 e. The second-order valence-electron chi connectivity index (χ2n) is 12.4. The van der Waals surface area contributed by atoms with E-state index in [1.165, 1.54) is 35.4 Å². The maximum atomic E-state index is 12.5. The van der Waals surface area contributed by atoms with E-state index in [-0.39, 0.29) is 24.3 Å². The van der Waals surface area contributed by atoms with E-state index in [1.54, 1.807) is 51.3 Å². The van der Waals surface area contributed by atoms with Gasteiger partial charge in [-0.25, -0.2) is 14.8 Å². The molecule has 54 heavy (non-hydrogen) atoms. The Kier molecular flexibility index (Phi) is 16.8. The zero-order valence-corrected chi connectivity index (χ0v) is 32.8. The van der Waals surface area contributed by atoms with Crippen molar-refractivity contribution >= 4 is 55.9 Å². The summed E-state index contributed by atoms with van der Waals surface area (Å²) in [5.41, 5.74) is 4.91. The maximum Gasteiger partial charge on any atom is 0.407 e. The van der Waals surface area contributed by atoms with Crippen LogP contribution in [0.5, 0.6) is 0 Å². The molecule has 6 heterocycles. The molecule has 0 saturated carbocycles. The van der Waals surface area contributed by atoms with E-state index in [2.05, 4.69) is 71.8 Å². The summed E-state index contributed by atoms with van der Waals surface area (Å²) in [5, 5.41) is 9.35. The number of imidazole rings is 2. The number of aromatic nitrogens is 4. The number of carbonyl (C=O) groups excluding carboxylic acids is 4. The Labute approximate surface area is 323 Å². The Bertz CT molecular complexity index is 1950. The van der Waals surface area contributed by atoms with Gasteiger partial charge in [0, 0.05) is 49.4 Å². The lowest BCUT2D eigenvalue weighted by molar-refractivity contribution is -0.132. The number of amides is 4. The second-order valence-corrected chi connectivity index (χ2v) is 14.1. The van der Waals surface area contributed by atoms with Crippen molar-refractivity contribution in [3.05, 3.63) is 83.0 Å². The zero-order chi connectivity index (χ0) is 38.7. The topological polar surface area (TPSA) is 165 Å². The molecule has 1 atom stereocenters. The molecule has 0 bridgehead atoms. The molecule has 0 spiro atoms. The number of ether oxygens (including phenoxy) is 1. The Hall–Kier alpha value is -5.46. The van der Waals surface area contributed by atoms with Gasteiger partial charge in [0.1, 0.15) is 11.7 Å². The molecule has 2 aliphatic rings. The number of fused-ring (bicyclic) bond motifs is 1. The number of hydrogen-bond acceptors (Lipinski definition) is 9. The van der Waals surface area contributed by atoms with E-state index in [1.807, 2.05) is 36.5 Å². The standard InChI is InChI=1S/C14H8N4S2.C14H18N2O3.C8H14N2O2.C3H8/c1(2-10-3-15-7-17-10)9-5-19-14-11(6-20-13(9)14)12-4-16-8-18-12;1-19-14(18)15-12(11-7-3-2-4-8-11)13(17)16-9-5-6-10-16;1-7(11)9-6-8(12)10-4-2-3-5-10;1-3-2/h3-8H,(H,15,17)(H,16,18);2-4,7-8,12H,5-6,9-10H2,1H3,(H,15,18);2-6H2,1H3,(H,9,11);3H2,1-2H3. The molecular weight excluding hydrogens is 725 g/mol. The Balaban J connectivity index is 0.000000179. The minimum absolute atomic E-state index is 0.0303. The predicted molar refractivity (Wildman–Crippen MR) is 213 cm³/mol. The molecule has 1 unspecified atom stereocenters. The zero-order valence-electron chi connectivity index (χ0n) is 31.1. The van der Waals surface area contributed by atoms with Gasteiger partial charge in [0.15, 0.2) is 0 Å². The summed E-state index contributed by atoms with van der Waals surface area (Å²) >= 11 is 3.43. The van der Waals surface area contributed by atoms with Crippen LogP contribution in [-0.4, -0.2) is 93.4 Å². The molecular formula is C39H48N8O5S2.